The fourth-order valence-electron chi connectivity index (χ4n) is 1.22. The number of carbonyl (C=O) groups is 1. The van der Waals surface area contributed by atoms with Gasteiger partial charge in [0.15, 0.2) is 0 Å². The lowest BCUT2D eigenvalue weighted by Crippen LogP contribution is -2.32. The van der Waals surface area contributed by atoms with Gasteiger partial charge in [-0.15, -0.1) is 0 Å². The number of nitrogens with two attached hydrogens (primary N) is 1. The largest absolute Gasteiger partial charge is 0.491 e. The minimum absolute atomic E-state index is 0.156. The molecule has 0 aromatic heterocycles. The highest BCUT2D eigenvalue weighted by Crippen LogP contribution is 2.17. The molecule has 0 aliphatic heterocycles. The monoisotopic (exact) mass is 222 g/mol. The van der Waals surface area contributed by atoms with Gasteiger partial charge in [0.25, 0.3) is 0 Å². The molecular formula is C12H18N2O2. The molecule has 3 N–H and O–H groups in total. The van der Waals surface area contributed by atoms with Gasteiger partial charge in [-0.1, -0.05) is 0 Å². The van der Waals surface area contributed by atoms with E-state index in [1.807, 2.05) is 38.1 Å². The van der Waals surface area contributed by atoms with Gasteiger partial charge in [-0.2, -0.15) is 0 Å². The molecule has 0 heterocycles. The maximum absolute atomic E-state index is 10.9. The molecule has 1 atom stereocenters. The van der Waals surface area contributed by atoms with Crippen molar-refractivity contribution in [3.63, 3.8) is 0 Å². The van der Waals surface area contributed by atoms with Gasteiger partial charge in [-0.25, -0.2) is 0 Å². The molecule has 88 valence electrons. The summed E-state index contributed by atoms with van der Waals surface area (Å²) >= 11 is 0. The molecule has 0 radical (unpaired) electrons. The summed E-state index contributed by atoms with van der Waals surface area (Å²) in [5.41, 5.74) is 6.00. The second-order valence-corrected chi connectivity index (χ2v) is 3.96. The number of carbonyl (C=O) groups excluding carboxylic acids is 1. The van der Waals surface area contributed by atoms with E-state index < -0.39 is 0 Å². The highest BCUT2D eigenvalue weighted by atomic mass is 16.5. The summed E-state index contributed by atoms with van der Waals surface area (Å²) in [6.45, 7) is 5.67. The zero-order chi connectivity index (χ0) is 12.1. The van der Waals surface area contributed by atoms with Crippen LogP contribution in [0.1, 0.15) is 20.8 Å². The quantitative estimate of drug-likeness (QED) is 0.797. The van der Waals surface area contributed by atoms with Crippen molar-refractivity contribution < 1.29 is 9.53 Å². The van der Waals surface area contributed by atoms with Crippen LogP contribution in [0.2, 0.25) is 0 Å². The normalized spacial score (nSPS) is 12.2. The minimum atomic E-state index is -0.378. The van der Waals surface area contributed by atoms with Gasteiger partial charge in [0, 0.05) is 5.69 Å². The lowest BCUT2D eigenvalue weighted by molar-refractivity contribution is -0.118. The standard InChI is InChI=1S/C12H18N2O2/c1-8(2)16-11-6-4-10(5-7-11)14-9(3)12(13)15/h4-9,14H,1-3H3,(H2,13,15). The van der Waals surface area contributed by atoms with E-state index in [1.54, 1.807) is 6.92 Å². The summed E-state index contributed by atoms with van der Waals surface area (Å²) < 4.78 is 5.50. The molecule has 4 heteroatoms. The van der Waals surface area contributed by atoms with Crippen molar-refractivity contribution in [1.29, 1.82) is 0 Å². The molecule has 1 amide bonds. The zero-order valence-corrected chi connectivity index (χ0v) is 9.86. The Bertz CT molecular complexity index is 347. The molecule has 0 spiro atoms. The summed E-state index contributed by atoms with van der Waals surface area (Å²) in [4.78, 5) is 10.9. The third-order valence-corrected chi connectivity index (χ3v) is 2.04. The fraction of sp³-hybridized carbons (Fsp3) is 0.417. The average Bonchev–Trinajstić information content (AvgIpc) is 2.20. The van der Waals surface area contributed by atoms with Gasteiger partial charge in [-0.05, 0) is 45.0 Å². The van der Waals surface area contributed by atoms with Crippen molar-refractivity contribution in [3.8, 4) is 5.75 Å². The fourth-order valence-corrected chi connectivity index (χ4v) is 1.22. The van der Waals surface area contributed by atoms with Gasteiger partial charge in [0.1, 0.15) is 11.8 Å². The van der Waals surface area contributed by atoms with E-state index in [0.29, 0.717) is 0 Å². The van der Waals surface area contributed by atoms with E-state index in [-0.39, 0.29) is 18.1 Å². The first-order valence-electron chi connectivity index (χ1n) is 5.31. The van der Waals surface area contributed by atoms with Crippen LogP contribution in [-0.2, 0) is 4.79 Å². The minimum Gasteiger partial charge on any atom is -0.491 e. The highest BCUT2D eigenvalue weighted by molar-refractivity contribution is 5.82. The predicted molar refractivity (Wildman–Crippen MR) is 64.5 cm³/mol. The molecule has 1 aromatic rings. The van der Waals surface area contributed by atoms with Crippen LogP contribution in [0.25, 0.3) is 0 Å². The van der Waals surface area contributed by atoms with E-state index in [2.05, 4.69) is 5.32 Å². The van der Waals surface area contributed by atoms with E-state index in [4.69, 9.17) is 10.5 Å². The van der Waals surface area contributed by atoms with Gasteiger partial charge in [-0.3, -0.25) is 4.79 Å². The summed E-state index contributed by atoms with van der Waals surface area (Å²) in [5, 5.41) is 2.99. The lowest BCUT2D eigenvalue weighted by atomic mass is 10.2. The van der Waals surface area contributed by atoms with Gasteiger partial charge < -0.3 is 15.8 Å². The van der Waals surface area contributed by atoms with Crippen molar-refractivity contribution in [2.24, 2.45) is 5.73 Å². The smallest absolute Gasteiger partial charge is 0.239 e. The van der Waals surface area contributed by atoms with Crippen molar-refractivity contribution in [1.82, 2.24) is 0 Å². The van der Waals surface area contributed by atoms with Crippen molar-refractivity contribution in [2.75, 3.05) is 5.32 Å². The van der Waals surface area contributed by atoms with Gasteiger partial charge >= 0.3 is 0 Å². The van der Waals surface area contributed by atoms with Crippen LogP contribution in [0.3, 0.4) is 0 Å². The molecular weight excluding hydrogens is 204 g/mol. The molecule has 1 rings (SSSR count). The van der Waals surface area contributed by atoms with Crippen LogP contribution in [0.4, 0.5) is 5.69 Å². The van der Waals surface area contributed by atoms with Crippen LogP contribution in [-0.4, -0.2) is 18.1 Å². The lowest BCUT2D eigenvalue weighted by Gasteiger charge is -2.13. The van der Waals surface area contributed by atoms with E-state index >= 15 is 0 Å². The van der Waals surface area contributed by atoms with Crippen LogP contribution >= 0.6 is 0 Å². The summed E-state index contributed by atoms with van der Waals surface area (Å²) in [7, 11) is 0. The maximum Gasteiger partial charge on any atom is 0.239 e. The molecule has 0 aliphatic carbocycles. The van der Waals surface area contributed by atoms with Crippen LogP contribution in [0, 0.1) is 0 Å². The Hall–Kier alpha value is -1.71. The first-order valence-corrected chi connectivity index (χ1v) is 5.31. The number of primary amides is 1. The number of amides is 1. The van der Waals surface area contributed by atoms with E-state index in [9.17, 15) is 4.79 Å². The van der Waals surface area contributed by atoms with E-state index in [0.717, 1.165) is 11.4 Å². The van der Waals surface area contributed by atoms with Gasteiger partial charge in [0.05, 0.1) is 6.10 Å². The molecule has 0 saturated carbocycles. The number of nitrogens with one attached hydrogen (secondary N) is 1. The summed E-state index contributed by atoms with van der Waals surface area (Å²) in [6.07, 6.45) is 0.156. The number of hydrogen-bond donors (Lipinski definition) is 2. The third kappa shape index (κ3) is 3.81. The van der Waals surface area contributed by atoms with Gasteiger partial charge in [0.2, 0.25) is 5.91 Å². The topological polar surface area (TPSA) is 64.3 Å². The number of rotatable bonds is 5. The Labute approximate surface area is 95.8 Å². The number of ether oxygens (including phenoxy) is 1. The molecule has 16 heavy (non-hydrogen) atoms. The van der Waals surface area contributed by atoms with E-state index in [1.165, 1.54) is 0 Å². The SMILES string of the molecule is CC(C)Oc1ccc(NC(C)C(N)=O)cc1. The first kappa shape index (κ1) is 12.4. The number of anilines is 1. The number of benzene rings is 1. The molecule has 4 nitrogen and oxygen atoms in total. The van der Waals surface area contributed by atoms with Crippen LogP contribution < -0.4 is 15.8 Å². The third-order valence-electron chi connectivity index (χ3n) is 2.04. The highest BCUT2D eigenvalue weighted by Gasteiger charge is 2.07. The number of hydrogen-bond acceptors (Lipinski definition) is 3. The second kappa shape index (κ2) is 5.39. The zero-order valence-electron chi connectivity index (χ0n) is 9.86. The molecule has 0 fully saturated rings. The second-order valence-electron chi connectivity index (χ2n) is 3.96. The molecule has 0 bridgehead atoms. The molecule has 1 unspecified atom stereocenters. The van der Waals surface area contributed by atoms with Crippen LogP contribution in [0.5, 0.6) is 5.75 Å². The molecule has 1 aromatic carbocycles. The van der Waals surface area contributed by atoms with Crippen molar-refractivity contribution in [3.05, 3.63) is 24.3 Å². The summed E-state index contributed by atoms with van der Waals surface area (Å²) in [6, 6.07) is 7.05. The first-order chi connectivity index (χ1) is 7.49. The predicted octanol–water partition coefficient (Wildman–Crippen LogP) is 1.76. The maximum atomic E-state index is 10.9. The van der Waals surface area contributed by atoms with Crippen molar-refractivity contribution >= 4 is 11.6 Å². The Morgan fingerprint density at radius 3 is 2.25 bits per heavy atom. The molecule has 0 aliphatic rings. The Kier molecular flexibility index (Phi) is 4.17. The Morgan fingerprint density at radius 1 is 1.25 bits per heavy atom. The summed E-state index contributed by atoms with van der Waals surface area (Å²) in [5.74, 6) is 0.440. The Morgan fingerprint density at radius 2 is 1.81 bits per heavy atom. The molecule has 0 saturated heterocycles. The van der Waals surface area contributed by atoms with Crippen LogP contribution in [0.15, 0.2) is 24.3 Å². The Balaban J connectivity index is 2.61. The van der Waals surface area contributed by atoms with Crippen molar-refractivity contribution in [2.45, 2.75) is 32.9 Å². The average molecular weight is 222 g/mol.